The van der Waals surface area contributed by atoms with Gasteiger partial charge in [-0.1, -0.05) is 57.6 Å². The molecule has 0 saturated heterocycles. The van der Waals surface area contributed by atoms with Gasteiger partial charge in [0.05, 0.1) is 11.4 Å². The molecule has 0 radical (unpaired) electrons. The molecule has 1 aromatic heterocycles. The van der Waals surface area contributed by atoms with Crippen LogP contribution in [0.25, 0.3) is 11.4 Å². The van der Waals surface area contributed by atoms with Gasteiger partial charge in [0, 0.05) is 20.6 Å². The van der Waals surface area contributed by atoms with E-state index in [0.717, 1.165) is 5.56 Å². The molecule has 0 amide bonds. The van der Waals surface area contributed by atoms with Crippen molar-refractivity contribution in [1.29, 1.82) is 0 Å². The van der Waals surface area contributed by atoms with E-state index in [0.29, 0.717) is 43.8 Å². The summed E-state index contributed by atoms with van der Waals surface area (Å²) in [6.45, 7) is 0. The number of nitrogens with zero attached hydrogens (tertiary/aromatic N) is 2. The number of halogens is 4. The lowest BCUT2D eigenvalue weighted by atomic mass is 10.1. The van der Waals surface area contributed by atoms with Crippen LogP contribution in [0.4, 0.5) is 0 Å². The topological polar surface area (TPSA) is 38.9 Å². The zero-order valence-corrected chi connectivity index (χ0v) is 14.0. The van der Waals surface area contributed by atoms with Crippen molar-refractivity contribution in [1.82, 2.24) is 10.1 Å². The quantitative estimate of drug-likeness (QED) is 0.570. The molecule has 0 bridgehead atoms. The van der Waals surface area contributed by atoms with Crippen LogP contribution in [-0.4, -0.2) is 10.1 Å². The third-order valence-electron chi connectivity index (χ3n) is 3.00. The summed E-state index contributed by atoms with van der Waals surface area (Å²) in [6.07, 6.45) is 0.411. The molecule has 112 valence electrons. The minimum absolute atomic E-state index is 0.404. The maximum Gasteiger partial charge on any atom is 0.231 e. The number of hydrogen-bond donors (Lipinski definition) is 0. The summed E-state index contributed by atoms with van der Waals surface area (Å²) in [5.74, 6) is 0.840. The predicted molar refractivity (Wildman–Crippen MR) is 89.0 cm³/mol. The van der Waals surface area contributed by atoms with Crippen LogP contribution in [0.15, 0.2) is 40.9 Å². The summed E-state index contributed by atoms with van der Waals surface area (Å²) in [5, 5.41) is 6.08. The van der Waals surface area contributed by atoms with E-state index in [1.165, 1.54) is 0 Å². The van der Waals surface area contributed by atoms with Gasteiger partial charge in [-0.2, -0.15) is 4.98 Å². The van der Waals surface area contributed by atoms with Crippen LogP contribution in [0.2, 0.25) is 20.1 Å². The highest BCUT2D eigenvalue weighted by molar-refractivity contribution is 6.36. The molecule has 0 atom stereocenters. The van der Waals surface area contributed by atoms with Crippen molar-refractivity contribution >= 4 is 46.4 Å². The van der Waals surface area contributed by atoms with E-state index in [9.17, 15) is 0 Å². The Kier molecular flexibility index (Phi) is 4.59. The van der Waals surface area contributed by atoms with Gasteiger partial charge in [0.25, 0.3) is 0 Å². The standard InChI is InChI=1S/C15H8Cl4N2O/c16-9-2-1-8(12(18)6-9)5-14-20-15(21-22-14)11-4-3-10(17)7-13(11)19/h1-4,6-7H,5H2. The van der Waals surface area contributed by atoms with Crippen molar-refractivity contribution in [2.75, 3.05) is 0 Å². The lowest BCUT2D eigenvalue weighted by molar-refractivity contribution is 0.386. The van der Waals surface area contributed by atoms with Crippen LogP contribution >= 0.6 is 46.4 Å². The second kappa shape index (κ2) is 6.47. The minimum atomic E-state index is 0.404. The predicted octanol–water partition coefficient (Wildman–Crippen LogP) is 5.94. The molecule has 0 fully saturated rings. The lowest BCUT2D eigenvalue weighted by Crippen LogP contribution is -1.90. The third kappa shape index (κ3) is 3.39. The molecule has 3 rings (SSSR count). The van der Waals surface area contributed by atoms with Gasteiger partial charge >= 0.3 is 0 Å². The molecular formula is C15H8Cl4N2O. The van der Waals surface area contributed by atoms with E-state index in [4.69, 9.17) is 50.9 Å². The van der Waals surface area contributed by atoms with E-state index in [-0.39, 0.29) is 0 Å². The Hall–Kier alpha value is -1.26. The van der Waals surface area contributed by atoms with Gasteiger partial charge < -0.3 is 4.52 Å². The van der Waals surface area contributed by atoms with Crippen LogP contribution in [0, 0.1) is 0 Å². The number of benzene rings is 2. The molecule has 2 aromatic carbocycles. The first-order valence-corrected chi connectivity index (χ1v) is 7.76. The second-order valence-corrected chi connectivity index (χ2v) is 6.24. The zero-order valence-electron chi connectivity index (χ0n) is 11.0. The number of rotatable bonds is 3. The van der Waals surface area contributed by atoms with Crippen molar-refractivity contribution < 1.29 is 4.52 Å². The Labute approximate surface area is 146 Å². The molecule has 3 nitrogen and oxygen atoms in total. The first-order valence-electron chi connectivity index (χ1n) is 6.25. The minimum Gasteiger partial charge on any atom is -0.339 e. The first kappa shape index (κ1) is 15.6. The molecule has 0 spiro atoms. The first-order chi connectivity index (χ1) is 10.5. The van der Waals surface area contributed by atoms with Crippen molar-refractivity contribution in [3.8, 4) is 11.4 Å². The van der Waals surface area contributed by atoms with Crippen LogP contribution in [0.1, 0.15) is 11.5 Å². The average Bonchev–Trinajstić information content (AvgIpc) is 2.90. The molecule has 0 aliphatic carbocycles. The Morgan fingerprint density at radius 2 is 1.55 bits per heavy atom. The van der Waals surface area contributed by atoms with Gasteiger partial charge in [-0.25, -0.2) is 0 Å². The molecule has 0 saturated carbocycles. The largest absolute Gasteiger partial charge is 0.339 e. The normalized spacial score (nSPS) is 10.9. The van der Waals surface area contributed by atoms with E-state index < -0.39 is 0 Å². The molecule has 7 heteroatoms. The fourth-order valence-electron chi connectivity index (χ4n) is 1.93. The van der Waals surface area contributed by atoms with Crippen molar-refractivity contribution in [2.45, 2.75) is 6.42 Å². The van der Waals surface area contributed by atoms with Gasteiger partial charge in [0.15, 0.2) is 0 Å². The van der Waals surface area contributed by atoms with Crippen LogP contribution < -0.4 is 0 Å². The van der Waals surface area contributed by atoms with Gasteiger partial charge in [-0.3, -0.25) is 0 Å². The highest BCUT2D eigenvalue weighted by atomic mass is 35.5. The SMILES string of the molecule is Clc1ccc(Cc2nc(-c3ccc(Cl)cc3Cl)no2)c(Cl)c1. The molecule has 22 heavy (non-hydrogen) atoms. The Morgan fingerprint density at radius 3 is 2.23 bits per heavy atom. The van der Waals surface area contributed by atoms with Gasteiger partial charge in [-0.15, -0.1) is 0 Å². The van der Waals surface area contributed by atoms with E-state index >= 15 is 0 Å². The summed E-state index contributed by atoms with van der Waals surface area (Å²) in [4.78, 5) is 4.33. The number of hydrogen-bond acceptors (Lipinski definition) is 3. The third-order valence-corrected chi connectivity index (χ3v) is 4.13. The maximum atomic E-state index is 6.14. The maximum absolute atomic E-state index is 6.14. The Balaban J connectivity index is 1.87. The van der Waals surface area contributed by atoms with Crippen LogP contribution in [0.5, 0.6) is 0 Å². The zero-order chi connectivity index (χ0) is 15.7. The molecule has 1 heterocycles. The molecule has 0 N–H and O–H groups in total. The highest BCUT2D eigenvalue weighted by Gasteiger charge is 2.13. The second-order valence-electron chi connectivity index (χ2n) is 4.55. The van der Waals surface area contributed by atoms with Gasteiger partial charge in [-0.05, 0) is 35.9 Å². The molecule has 0 unspecified atom stereocenters. The molecule has 3 aromatic rings. The Morgan fingerprint density at radius 1 is 0.864 bits per heavy atom. The Bertz CT molecular complexity index is 832. The molecular weight excluding hydrogens is 366 g/mol. The summed E-state index contributed by atoms with van der Waals surface area (Å²) < 4.78 is 5.25. The van der Waals surface area contributed by atoms with Gasteiger partial charge in [0.1, 0.15) is 0 Å². The van der Waals surface area contributed by atoms with Gasteiger partial charge in [0.2, 0.25) is 11.7 Å². The van der Waals surface area contributed by atoms with Crippen molar-refractivity contribution in [3.05, 3.63) is 67.9 Å². The molecule has 0 aliphatic rings. The summed E-state index contributed by atoms with van der Waals surface area (Å²) in [5.41, 5.74) is 1.51. The highest BCUT2D eigenvalue weighted by Crippen LogP contribution is 2.29. The monoisotopic (exact) mass is 372 g/mol. The van der Waals surface area contributed by atoms with Crippen LogP contribution in [-0.2, 0) is 6.42 Å². The fourth-order valence-corrected chi connectivity index (χ4v) is 2.90. The van der Waals surface area contributed by atoms with E-state index in [1.807, 2.05) is 6.07 Å². The van der Waals surface area contributed by atoms with E-state index in [1.54, 1.807) is 30.3 Å². The average molecular weight is 374 g/mol. The summed E-state index contributed by atoms with van der Waals surface area (Å²) >= 11 is 24.0. The summed E-state index contributed by atoms with van der Waals surface area (Å²) in [7, 11) is 0. The lowest BCUT2D eigenvalue weighted by Gasteiger charge is -2.01. The fraction of sp³-hybridized carbons (Fsp3) is 0.0667. The van der Waals surface area contributed by atoms with Crippen molar-refractivity contribution in [2.24, 2.45) is 0 Å². The molecule has 0 aliphatic heterocycles. The summed E-state index contributed by atoms with van der Waals surface area (Å²) in [6, 6.07) is 10.3. The van der Waals surface area contributed by atoms with E-state index in [2.05, 4.69) is 10.1 Å². The van der Waals surface area contributed by atoms with Crippen LogP contribution in [0.3, 0.4) is 0 Å². The van der Waals surface area contributed by atoms with Crippen molar-refractivity contribution in [3.63, 3.8) is 0 Å². The smallest absolute Gasteiger partial charge is 0.231 e. The number of aromatic nitrogens is 2.